The summed E-state index contributed by atoms with van der Waals surface area (Å²) < 4.78 is 12.2. The highest BCUT2D eigenvalue weighted by Crippen LogP contribution is 2.54. The quantitative estimate of drug-likeness (QED) is 0.257. The molecule has 2 heterocycles. The van der Waals surface area contributed by atoms with Crippen molar-refractivity contribution in [2.45, 2.75) is 75.7 Å². The molecule has 238 valence electrons. The number of likely N-dealkylation sites (tertiary alicyclic amines) is 1. The maximum atomic E-state index is 14.5. The Bertz CT molecular complexity index is 1610. The van der Waals surface area contributed by atoms with E-state index < -0.39 is 35.7 Å². The first-order chi connectivity index (χ1) is 21.6. The second-order valence-corrected chi connectivity index (χ2v) is 14.5. The summed E-state index contributed by atoms with van der Waals surface area (Å²) in [5.74, 6) is 0.849. The number of ether oxygens (including phenoxy) is 2. The molecule has 3 N–H and O–H groups in total. The molecule has 3 aromatic rings. The number of rotatable bonds is 8. The van der Waals surface area contributed by atoms with E-state index in [2.05, 4.69) is 10.3 Å². The number of hydrogen-bond donors (Lipinski definition) is 3. The van der Waals surface area contributed by atoms with Crippen LogP contribution in [-0.4, -0.2) is 63.3 Å². The standard InChI is InChI=1S/C34H37Cl2N3O6/c1-34(15-22-16-37-27-5-3-2-4-25(22)27,38-33(43)45-30-20-9-18-8-19(11-20)12-21(30)10-18)32(42)39-17-24(14-28(39)31(40)41)44-29-7-6-23(35)13-26(29)36/h2-7,13,16,18-21,24,28,30,37H,8-12,14-15,17H2,1H3,(H,38,43)(H,40,41)/t18?,19?,20?,21?,24-,28-,30?,34-/m1/s1. The molecule has 8 rings (SSSR count). The number of H-pyrrole nitrogens is 1. The van der Waals surface area contributed by atoms with Crippen LogP contribution in [0.15, 0.2) is 48.7 Å². The average Bonchev–Trinajstić information content (AvgIpc) is 3.60. The third kappa shape index (κ3) is 5.85. The topological polar surface area (TPSA) is 121 Å². The number of aromatic nitrogens is 1. The number of nitrogens with zero attached hydrogens (tertiary/aromatic N) is 1. The summed E-state index contributed by atoms with van der Waals surface area (Å²) in [7, 11) is 0. The van der Waals surface area contributed by atoms with Crippen molar-refractivity contribution in [3.05, 3.63) is 64.3 Å². The van der Waals surface area contributed by atoms with Crippen molar-refractivity contribution in [3.63, 3.8) is 0 Å². The van der Waals surface area contributed by atoms with Crippen molar-refractivity contribution in [3.8, 4) is 5.75 Å². The maximum absolute atomic E-state index is 14.5. The van der Waals surface area contributed by atoms with Gasteiger partial charge in [0.1, 0.15) is 29.5 Å². The number of hydrogen-bond acceptors (Lipinski definition) is 5. The van der Waals surface area contributed by atoms with Crippen LogP contribution in [0.25, 0.3) is 10.9 Å². The van der Waals surface area contributed by atoms with Gasteiger partial charge in [-0.25, -0.2) is 9.59 Å². The summed E-state index contributed by atoms with van der Waals surface area (Å²) in [5.41, 5.74) is 0.216. The lowest BCUT2D eigenvalue weighted by Gasteiger charge is -2.53. The predicted octanol–water partition coefficient (Wildman–Crippen LogP) is 6.46. The number of carbonyl (C=O) groups is 3. The largest absolute Gasteiger partial charge is 0.487 e. The van der Waals surface area contributed by atoms with Gasteiger partial charge >= 0.3 is 12.1 Å². The molecule has 4 saturated carbocycles. The zero-order valence-corrected chi connectivity index (χ0v) is 26.5. The number of fused-ring (bicyclic) bond motifs is 1. The summed E-state index contributed by atoms with van der Waals surface area (Å²) >= 11 is 12.3. The number of nitrogens with one attached hydrogen (secondary N) is 2. The zero-order chi connectivity index (χ0) is 31.5. The van der Waals surface area contributed by atoms with Crippen LogP contribution >= 0.6 is 23.2 Å². The third-order valence-electron chi connectivity index (χ3n) is 10.4. The number of halogens is 2. The van der Waals surface area contributed by atoms with Gasteiger partial charge in [0, 0.05) is 35.0 Å². The Morgan fingerprint density at radius 3 is 2.42 bits per heavy atom. The van der Waals surface area contributed by atoms with Crippen molar-refractivity contribution < 1.29 is 29.0 Å². The molecule has 1 aliphatic heterocycles. The van der Waals surface area contributed by atoms with E-state index in [-0.39, 0.29) is 30.5 Å². The van der Waals surface area contributed by atoms with E-state index in [4.69, 9.17) is 32.7 Å². The van der Waals surface area contributed by atoms with Gasteiger partial charge in [-0.15, -0.1) is 0 Å². The van der Waals surface area contributed by atoms with E-state index in [1.807, 2.05) is 30.5 Å². The highest BCUT2D eigenvalue weighted by atomic mass is 35.5. The van der Waals surface area contributed by atoms with Gasteiger partial charge in [0.15, 0.2) is 0 Å². The van der Waals surface area contributed by atoms with E-state index in [9.17, 15) is 19.5 Å². The number of para-hydroxylation sites is 1. The number of carboxylic acid groups (broad SMARTS) is 1. The van der Waals surface area contributed by atoms with Gasteiger partial charge in [0.25, 0.3) is 0 Å². The van der Waals surface area contributed by atoms with Crippen LogP contribution in [0.2, 0.25) is 10.0 Å². The van der Waals surface area contributed by atoms with E-state index in [0.717, 1.165) is 54.0 Å². The van der Waals surface area contributed by atoms with Gasteiger partial charge in [-0.05, 0) is 92.5 Å². The smallest absolute Gasteiger partial charge is 0.408 e. The fourth-order valence-electron chi connectivity index (χ4n) is 8.69. The SMILES string of the molecule is C[C@](Cc1c[nH]c2ccccc12)(NC(=O)OC1C2CC3CC(C2)CC1C3)C(=O)N1C[C@H](Oc2ccc(Cl)cc2Cl)C[C@@H]1C(=O)O. The number of carbonyl (C=O) groups excluding carboxylic acids is 2. The van der Waals surface area contributed by atoms with E-state index in [0.29, 0.717) is 22.6 Å². The molecule has 5 aliphatic rings. The molecule has 9 nitrogen and oxygen atoms in total. The Kier molecular flexibility index (Phi) is 7.89. The molecule has 4 bridgehead atoms. The molecule has 0 radical (unpaired) electrons. The summed E-state index contributed by atoms with van der Waals surface area (Å²) in [4.78, 5) is 45.2. The van der Waals surface area contributed by atoms with Crippen molar-refractivity contribution in [2.24, 2.45) is 23.7 Å². The second-order valence-electron chi connectivity index (χ2n) is 13.7. The van der Waals surface area contributed by atoms with Gasteiger partial charge in [0.05, 0.1) is 11.6 Å². The Morgan fingerprint density at radius 1 is 1.02 bits per heavy atom. The molecular formula is C34H37Cl2N3O6. The molecule has 4 aliphatic carbocycles. The van der Waals surface area contributed by atoms with Gasteiger partial charge in [0.2, 0.25) is 5.91 Å². The minimum Gasteiger partial charge on any atom is -0.487 e. The molecule has 1 aromatic heterocycles. The number of alkyl carbamates (subject to hydrolysis) is 1. The molecule has 3 atom stereocenters. The number of benzene rings is 2. The van der Waals surface area contributed by atoms with Crippen LogP contribution in [0.3, 0.4) is 0 Å². The van der Waals surface area contributed by atoms with Crippen molar-refractivity contribution >= 4 is 52.1 Å². The average molecular weight is 655 g/mol. The Hall–Kier alpha value is -3.43. The molecule has 1 saturated heterocycles. The molecule has 2 amide bonds. The predicted molar refractivity (Wildman–Crippen MR) is 169 cm³/mol. The Balaban J connectivity index is 1.15. The van der Waals surface area contributed by atoms with Crippen LogP contribution < -0.4 is 10.1 Å². The first-order valence-corrected chi connectivity index (χ1v) is 16.5. The minimum atomic E-state index is -1.51. The van der Waals surface area contributed by atoms with Crippen molar-refractivity contribution in [1.82, 2.24) is 15.2 Å². The molecule has 5 fully saturated rings. The highest BCUT2D eigenvalue weighted by molar-refractivity contribution is 6.35. The van der Waals surface area contributed by atoms with E-state index in [1.54, 1.807) is 25.1 Å². The Labute approximate surface area is 271 Å². The molecule has 0 unspecified atom stereocenters. The lowest BCUT2D eigenvalue weighted by Crippen LogP contribution is -2.61. The monoisotopic (exact) mass is 653 g/mol. The van der Waals surface area contributed by atoms with E-state index >= 15 is 0 Å². The second kappa shape index (κ2) is 11.7. The maximum Gasteiger partial charge on any atom is 0.408 e. The summed E-state index contributed by atoms with van der Waals surface area (Å²) in [5, 5.41) is 14.8. The van der Waals surface area contributed by atoms with Gasteiger partial charge < -0.3 is 29.8 Å². The lowest BCUT2D eigenvalue weighted by molar-refractivity contribution is -0.151. The summed E-state index contributed by atoms with van der Waals surface area (Å²) in [6.45, 7) is 1.66. The van der Waals surface area contributed by atoms with Crippen LogP contribution in [-0.2, 0) is 20.7 Å². The highest BCUT2D eigenvalue weighted by Gasteiger charge is 2.52. The fraction of sp³-hybridized carbons (Fsp3) is 0.500. The van der Waals surface area contributed by atoms with Gasteiger partial charge in [-0.3, -0.25) is 4.79 Å². The van der Waals surface area contributed by atoms with Crippen LogP contribution in [0.1, 0.15) is 51.0 Å². The molecule has 0 spiro atoms. The molecule has 45 heavy (non-hydrogen) atoms. The van der Waals surface area contributed by atoms with Crippen LogP contribution in [0, 0.1) is 23.7 Å². The van der Waals surface area contributed by atoms with E-state index in [1.165, 1.54) is 11.3 Å². The number of carboxylic acids is 1. The molecule has 2 aromatic carbocycles. The minimum absolute atomic E-state index is 0.00447. The lowest BCUT2D eigenvalue weighted by atomic mass is 9.55. The van der Waals surface area contributed by atoms with Crippen molar-refractivity contribution in [1.29, 1.82) is 0 Å². The number of aromatic amines is 1. The Morgan fingerprint density at radius 2 is 1.73 bits per heavy atom. The van der Waals surface area contributed by atoms with Crippen LogP contribution in [0.5, 0.6) is 5.75 Å². The number of aliphatic carboxylic acids is 1. The fourth-order valence-corrected chi connectivity index (χ4v) is 9.14. The zero-order valence-electron chi connectivity index (χ0n) is 25.0. The summed E-state index contributed by atoms with van der Waals surface area (Å²) in [6, 6.07) is 11.4. The number of amides is 2. The first-order valence-electron chi connectivity index (χ1n) is 15.8. The summed E-state index contributed by atoms with van der Waals surface area (Å²) in [6.07, 6.45) is 6.21. The normalized spacial score (nSPS) is 29.8. The van der Waals surface area contributed by atoms with Gasteiger partial charge in [-0.2, -0.15) is 0 Å². The molecule has 11 heteroatoms. The third-order valence-corrected chi connectivity index (χ3v) is 11.0. The van der Waals surface area contributed by atoms with Gasteiger partial charge in [-0.1, -0.05) is 41.4 Å². The molecular weight excluding hydrogens is 617 g/mol. The van der Waals surface area contributed by atoms with Crippen molar-refractivity contribution in [2.75, 3.05) is 6.54 Å². The first kappa shape index (κ1) is 30.2. The van der Waals surface area contributed by atoms with Crippen LogP contribution in [0.4, 0.5) is 4.79 Å².